The van der Waals surface area contributed by atoms with Crippen molar-refractivity contribution in [3.8, 4) is 0 Å². The van der Waals surface area contributed by atoms with Crippen LogP contribution in [0.25, 0.3) is 0 Å². The van der Waals surface area contributed by atoms with Crippen LogP contribution in [0.3, 0.4) is 0 Å². The van der Waals surface area contributed by atoms with E-state index in [2.05, 4.69) is 0 Å². The molecule has 0 saturated carbocycles. The molecule has 0 rings (SSSR count). The molecule has 0 aliphatic rings. The van der Waals surface area contributed by atoms with E-state index in [0.29, 0.717) is 12.1 Å². The summed E-state index contributed by atoms with van der Waals surface area (Å²) in [6.07, 6.45) is 0.960. The summed E-state index contributed by atoms with van der Waals surface area (Å²) in [6, 6.07) is 0. The molecule has 0 aromatic carbocycles. The summed E-state index contributed by atoms with van der Waals surface area (Å²) in [4.78, 5) is 10.6. The van der Waals surface area contributed by atoms with E-state index in [1.54, 1.807) is 0 Å². The Morgan fingerprint density at radius 1 is 1.50 bits per heavy atom. The summed E-state index contributed by atoms with van der Waals surface area (Å²) >= 11 is 0. The Hall–Kier alpha value is -0.353. The van der Waals surface area contributed by atoms with Gasteiger partial charge in [0.05, 0.1) is 0 Å². The molecule has 0 aromatic heterocycles. The molecule has 0 bridgehead atoms. The van der Waals surface area contributed by atoms with E-state index >= 15 is 0 Å². The zero-order valence-electron chi connectivity index (χ0n) is 8.22. The smallest absolute Gasteiger partial charge is 0.462 e. The maximum Gasteiger partial charge on any atom is 0.462 e. The van der Waals surface area contributed by atoms with E-state index in [1.807, 2.05) is 20.8 Å². The summed E-state index contributed by atoms with van der Waals surface area (Å²) in [5.74, 6) is -0.242. The van der Waals surface area contributed by atoms with Crippen molar-refractivity contribution in [2.45, 2.75) is 39.7 Å². The molecule has 0 aliphatic carbocycles. The van der Waals surface area contributed by atoms with Crippen LogP contribution in [-0.2, 0) is 13.6 Å². The average Bonchev–Trinajstić information content (AvgIpc) is 1.96. The summed E-state index contributed by atoms with van der Waals surface area (Å²) in [5.41, 5.74) is 0.311. The van der Waals surface area contributed by atoms with Crippen molar-refractivity contribution in [1.82, 2.24) is 0 Å². The first-order valence-electron chi connectivity index (χ1n) is 4.26. The first-order valence-corrected chi connectivity index (χ1v) is 5.65. The Balaban J connectivity index is 3.78. The predicted octanol–water partition coefficient (Wildman–Crippen LogP) is 1.87. The highest BCUT2D eigenvalue weighted by Crippen LogP contribution is 2.10. The van der Waals surface area contributed by atoms with Crippen LogP contribution >= 0.6 is 0 Å². The molecule has 0 spiro atoms. The van der Waals surface area contributed by atoms with Crippen molar-refractivity contribution in [1.29, 1.82) is 0 Å². The molecule has 0 unspecified atom stereocenters. The molecule has 0 N–H and O–H groups in total. The second kappa shape index (κ2) is 6.19. The number of hydrogen-bond acceptors (Lipinski definition) is 3. The van der Waals surface area contributed by atoms with Crippen molar-refractivity contribution in [2.75, 3.05) is 6.61 Å². The summed E-state index contributed by atoms with van der Waals surface area (Å²) in [5, 5.41) is 0. The second-order valence-corrected chi connectivity index (χ2v) is 5.20. The molecule has 0 saturated heterocycles. The fraction of sp³-hybridized carbons (Fsp3) is 0.875. The van der Waals surface area contributed by atoms with Gasteiger partial charge in [-0.25, -0.2) is 0 Å². The average molecular weight is 189 g/mol. The Morgan fingerprint density at radius 2 is 2.08 bits per heavy atom. The molecule has 0 atom stereocenters. The van der Waals surface area contributed by atoms with Gasteiger partial charge in [-0.3, -0.25) is 4.79 Å². The van der Waals surface area contributed by atoms with Gasteiger partial charge in [-0.2, -0.15) is 0 Å². The fourth-order valence-electron chi connectivity index (χ4n) is 0.658. The SMILES string of the molecule is CCCO[Si](OC(C)=O)C(C)C. The van der Waals surface area contributed by atoms with Gasteiger partial charge in [0.1, 0.15) is 0 Å². The van der Waals surface area contributed by atoms with Crippen molar-refractivity contribution >= 4 is 15.3 Å². The molecule has 3 nitrogen and oxygen atoms in total. The Labute approximate surface area is 75.9 Å². The van der Waals surface area contributed by atoms with E-state index in [4.69, 9.17) is 8.85 Å². The van der Waals surface area contributed by atoms with Gasteiger partial charge in [0, 0.05) is 19.1 Å². The zero-order chi connectivity index (χ0) is 9.56. The van der Waals surface area contributed by atoms with Crippen LogP contribution < -0.4 is 0 Å². The van der Waals surface area contributed by atoms with Gasteiger partial charge in [-0.1, -0.05) is 20.8 Å². The third-order valence-electron chi connectivity index (χ3n) is 1.16. The number of carbonyl (C=O) groups excluding carboxylic acids is 1. The topological polar surface area (TPSA) is 35.5 Å². The molecule has 0 aromatic rings. The summed E-state index contributed by atoms with van der Waals surface area (Å²) in [6.45, 7) is 8.15. The normalized spacial score (nSPS) is 10.8. The molecule has 0 fully saturated rings. The second-order valence-electron chi connectivity index (χ2n) is 2.92. The van der Waals surface area contributed by atoms with Crippen LogP contribution in [-0.4, -0.2) is 21.9 Å². The van der Waals surface area contributed by atoms with Gasteiger partial charge < -0.3 is 8.85 Å². The molecular weight excluding hydrogens is 172 g/mol. The molecule has 71 valence electrons. The van der Waals surface area contributed by atoms with Crippen molar-refractivity contribution in [3.05, 3.63) is 0 Å². The lowest BCUT2D eigenvalue weighted by molar-refractivity contribution is -0.133. The molecule has 0 amide bonds. The number of rotatable bonds is 5. The molecule has 12 heavy (non-hydrogen) atoms. The summed E-state index contributed by atoms with van der Waals surface area (Å²) < 4.78 is 10.5. The lowest BCUT2D eigenvalue weighted by Crippen LogP contribution is -2.28. The van der Waals surface area contributed by atoms with Crippen LogP contribution in [0.2, 0.25) is 5.54 Å². The minimum absolute atomic E-state index is 0.242. The molecule has 1 radical (unpaired) electrons. The van der Waals surface area contributed by atoms with Crippen LogP contribution in [0.1, 0.15) is 34.1 Å². The highest BCUT2D eigenvalue weighted by molar-refractivity contribution is 6.48. The minimum atomic E-state index is -1.37. The van der Waals surface area contributed by atoms with E-state index < -0.39 is 9.28 Å². The maximum absolute atomic E-state index is 10.6. The maximum atomic E-state index is 10.6. The third-order valence-corrected chi connectivity index (χ3v) is 3.08. The van der Waals surface area contributed by atoms with Gasteiger partial charge in [0.25, 0.3) is 5.97 Å². The number of hydrogen-bond donors (Lipinski definition) is 0. The standard InChI is InChI=1S/C8H17O3Si/c1-5-6-10-12(7(2)3)11-8(4)9/h7H,5-6H2,1-4H3. The van der Waals surface area contributed by atoms with Crippen molar-refractivity contribution in [3.63, 3.8) is 0 Å². The molecule has 0 heterocycles. The lowest BCUT2D eigenvalue weighted by atomic mass is 10.5. The van der Waals surface area contributed by atoms with Crippen LogP contribution in [0.4, 0.5) is 0 Å². The molecular formula is C8H17O3Si. The highest BCUT2D eigenvalue weighted by atomic mass is 28.3. The van der Waals surface area contributed by atoms with Crippen LogP contribution in [0.5, 0.6) is 0 Å². The third kappa shape index (κ3) is 5.32. The Morgan fingerprint density at radius 3 is 2.42 bits per heavy atom. The van der Waals surface area contributed by atoms with E-state index in [-0.39, 0.29) is 5.97 Å². The van der Waals surface area contributed by atoms with Gasteiger partial charge in [-0.05, 0) is 6.42 Å². The van der Waals surface area contributed by atoms with Crippen molar-refractivity contribution < 1.29 is 13.6 Å². The van der Waals surface area contributed by atoms with Gasteiger partial charge >= 0.3 is 9.28 Å². The van der Waals surface area contributed by atoms with E-state index in [1.165, 1.54) is 6.92 Å². The van der Waals surface area contributed by atoms with Gasteiger partial charge in [0.2, 0.25) is 0 Å². The first-order chi connectivity index (χ1) is 5.57. The predicted molar refractivity (Wildman–Crippen MR) is 48.9 cm³/mol. The lowest BCUT2D eigenvalue weighted by Gasteiger charge is -2.16. The Kier molecular flexibility index (Phi) is 6.01. The summed E-state index contributed by atoms with van der Waals surface area (Å²) in [7, 11) is -1.37. The zero-order valence-corrected chi connectivity index (χ0v) is 9.22. The molecule has 0 aliphatic heterocycles. The first kappa shape index (κ1) is 11.6. The minimum Gasteiger partial charge on any atom is -0.492 e. The Bertz CT molecular complexity index is 136. The number of carbonyl (C=O) groups is 1. The van der Waals surface area contributed by atoms with Crippen LogP contribution in [0, 0.1) is 0 Å². The van der Waals surface area contributed by atoms with Gasteiger partial charge in [-0.15, -0.1) is 0 Å². The van der Waals surface area contributed by atoms with Crippen molar-refractivity contribution in [2.24, 2.45) is 0 Å². The van der Waals surface area contributed by atoms with Crippen LogP contribution in [0.15, 0.2) is 0 Å². The monoisotopic (exact) mass is 189 g/mol. The van der Waals surface area contributed by atoms with Gasteiger partial charge in [0.15, 0.2) is 0 Å². The van der Waals surface area contributed by atoms with E-state index in [0.717, 1.165) is 6.42 Å². The quantitative estimate of drug-likeness (QED) is 0.619. The largest absolute Gasteiger partial charge is 0.492 e. The van der Waals surface area contributed by atoms with E-state index in [9.17, 15) is 4.79 Å². The highest BCUT2D eigenvalue weighted by Gasteiger charge is 2.23. The molecule has 4 heteroatoms. The fourth-order valence-corrected chi connectivity index (χ4v) is 1.97.